The number of nitrogens with one attached hydrogen (secondary N) is 13. The van der Waals surface area contributed by atoms with Gasteiger partial charge >= 0.3 is 18.1 Å². The Morgan fingerprint density at radius 1 is 0.528 bits per heavy atom. The van der Waals surface area contributed by atoms with E-state index in [4.69, 9.17) is 32.8 Å². The third-order valence-corrected chi connectivity index (χ3v) is 21.9. The number of imidazole rings is 1. The number of aromatic nitrogens is 4. The van der Waals surface area contributed by atoms with Crippen LogP contribution in [-0.2, 0) is 102 Å². The lowest BCUT2D eigenvalue weighted by Gasteiger charge is -2.31. The predicted octanol–water partition coefficient (Wildman–Crippen LogP) is 0.360. The van der Waals surface area contributed by atoms with E-state index in [0.717, 1.165) is 27.4 Å². The maximum absolute atomic E-state index is 15.1. The van der Waals surface area contributed by atoms with Crippen LogP contribution in [0.3, 0.4) is 0 Å². The number of phenolic OH excluding ortho intramolecular Hbond substituents is 1. The van der Waals surface area contributed by atoms with Crippen LogP contribution >= 0.6 is 11.8 Å². The first-order valence-electron chi connectivity index (χ1n) is 41.8. The zero-order valence-electron chi connectivity index (χ0n) is 71.2. The molecule has 12 atom stereocenters. The minimum Gasteiger partial charge on any atom is -0.508 e. The number of halogens is 3. The van der Waals surface area contributed by atoms with Crippen LogP contribution in [0.1, 0.15) is 140 Å². The second-order valence-electron chi connectivity index (χ2n) is 32.1. The van der Waals surface area contributed by atoms with E-state index in [2.05, 4.69) is 73.1 Å². The standard InChI is InChI=1S/C82H114N20O17S.C2HF3O2/c1-45(2)34-61(98-76(112)63(38-49-41-89-56-17-9-7-15-53(49)56)99-77(113)64(39-50-42-87-44-91-50)96-71(107)54(84)37-48-40-88-55-16-8-6-14-52(48)55)74(110)93-57(25-27-68(85)104)72(108)97-62(35-46(3)4)75(111)95-59(18-10-11-30-83)80(116)101-31-12-19-66(101)78(114)90-43-70(106)92-60(26-28-69(86)105)81(117)102-32-13-20-67(102)79(115)94-58(29-33-120-5)73(109)100-65(82(118)119)36-47-21-23-51(103)24-22-47;3-2(4,5)1(6)7/h6-9,14-17,21-24,40-42,44-46,54,57-67,88-89,103H,10-13,18-20,25-39,43,83-84H2,1-5H3,(H2,85,104)(H2,86,105)(H,87,91)(H,90,114)(H,92,106)(H,93,110)(H,94,115)(H,95,111)(H,96,107)(H,97,108)(H,98,112)(H,99,113)(H,100,109)(H,118,119);(H,6,7)/t54-,57-,58-,59-,60-,61-,62-,63-,64-,65-,66-,67-;/m0./s1. The summed E-state index contributed by atoms with van der Waals surface area (Å²) < 4.78 is 31.7. The Bertz CT molecular complexity index is 4800. The van der Waals surface area contributed by atoms with Gasteiger partial charge in [0.25, 0.3) is 0 Å². The van der Waals surface area contributed by atoms with Gasteiger partial charge in [0.1, 0.15) is 72.2 Å². The summed E-state index contributed by atoms with van der Waals surface area (Å²) in [6, 6.07) is 4.45. The van der Waals surface area contributed by atoms with Crippen LogP contribution in [-0.4, -0.2) is 257 Å². The van der Waals surface area contributed by atoms with Crippen molar-refractivity contribution >= 4 is 128 Å². The molecule has 3 aromatic carbocycles. The molecule has 0 aliphatic carbocycles. The van der Waals surface area contributed by atoms with Crippen LogP contribution in [0.15, 0.2) is 97.7 Å². The van der Waals surface area contributed by atoms with Gasteiger partial charge in [0.2, 0.25) is 82.7 Å². The van der Waals surface area contributed by atoms with Gasteiger partial charge in [0.15, 0.2) is 0 Å². The first-order valence-corrected chi connectivity index (χ1v) is 43.2. The van der Waals surface area contributed by atoms with Crippen molar-refractivity contribution in [2.75, 3.05) is 38.2 Å². The number of primary amides is 2. The number of carbonyl (C=O) groups is 16. The molecule has 0 bridgehead atoms. The second kappa shape index (κ2) is 49.3. The lowest BCUT2D eigenvalue weighted by molar-refractivity contribution is -0.192. The Balaban J connectivity index is 0.00000302. The van der Waals surface area contributed by atoms with Gasteiger partial charge in [-0.1, -0.05) is 76.2 Å². The van der Waals surface area contributed by atoms with Crippen molar-refractivity contribution in [3.63, 3.8) is 0 Å². The number of para-hydroxylation sites is 2. The van der Waals surface area contributed by atoms with Crippen molar-refractivity contribution in [1.82, 2.24) is 82.9 Å². The van der Waals surface area contributed by atoms with E-state index in [1.165, 1.54) is 52.2 Å². The average molecular weight is 1800 g/mol. The number of thioether (sulfide) groups is 1. The highest BCUT2D eigenvalue weighted by Gasteiger charge is 2.43. The number of aliphatic carboxylic acids is 2. The lowest BCUT2D eigenvalue weighted by atomic mass is 9.99. The Morgan fingerprint density at radius 3 is 1.47 bits per heavy atom. The number of nitrogens with two attached hydrogens (primary N) is 4. The first-order chi connectivity index (χ1) is 60.2. The van der Waals surface area contributed by atoms with Crippen molar-refractivity contribution in [3.8, 4) is 5.75 Å². The molecule has 0 saturated carbocycles. The minimum atomic E-state index is -5.08. The zero-order valence-corrected chi connectivity index (χ0v) is 72.0. The topological polar surface area (TPSA) is 625 Å². The molecule has 14 amide bonds. The molecular formula is C84H115F3N20O19S. The molecule has 0 spiro atoms. The largest absolute Gasteiger partial charge is 0.508 e. The number of carboxylic acid groups (broad SMARTS) is 2. The van der Waals surface area contributed by atoms with Crippen LogP contribution in [0.25, 0.3) is 21.8 Å². The van der Waals surface area contributed by atoms with Gasteiger partial charge in [0.05, 0.1) is 24.6 Å². The van der Waals surface area contributed by atoms with Gasteiger partial charge in [-0.3, -0.25) is 67.1 Å². The number of alkyl halides is 3. The summed E-state index contributed by atoms with van der Waals surface area (Å²) in [5.41, 5.74) is 27.4. The Kier molecular flexibility index (Phi) is 39.4. The molecule has 43 heteroatoms. The summed E-state index contributed by atoms with van der Waals surface area (Å²) >= 11 is 1.37. The van der Waals surface area contributed by atoms with Gasteiger partial charge in [-0.25, -0.2) is 14.6 Å². The normalized spacial score (nSPS) is 16.2. The first kappa shape index (κ1) is 101. The number of H-pyrrole nitrogens is 3. The predicted molar refractivity (Wildman–Crippen MR) is 459 cm³/mol. The van der Waals surface area contributed by atoms with E-state index in [1.807, 2.05) is 42.5 Å². The number of amides is 14. The number of likely N-dealkylation sites (tertiary alicyclic amines) is 2. The van der Waals surface area contributed by atoms with Gasteiger partial charge < -0.3 is 116 Å². The van der Waals surface area contributed by atoms with Crippen LogP contribution in [0, 0.1) is 11.8 Å². The molecule has 24 N–H and O–H groups in total. The molecule has 2 aliphatic rings. The highest BCUT2D eigenvalue weighted by Crippen LogP contribution is 2.26. The highest BCUT2D eigenvalue weighted by molar-refractivity contribution is 7.98. The summed E-state index contributed by atoms with van der Waals surface area (Å²) in [6.45, 7) is 6.64. The number of aromatic hydroxyl groups is 1. The minimum absolute atomic E-state index is 0.0123. The summed E-state index contributed by atoms with van der Waals surface area (Å²) in [5, 5.41) is 55.3. The molecule has 2 saturated heterocycles. The monoisotopic (exact) mass is 1800 g/mol. The molecule has 127 heavy (non-hydrogen) atoms. The second-order valence-corrected chi connectivity index (χ2v) is 33.0. The highest BCUT2D eigenvalue weighted by atomic mass is 32.2. The van der Waals surface area contributed by atoms with Crippen molar-refractivity contribution < 1.29 is 105 Å². The molecule has 2 fully saturated rings. The maximum Gasteiger partial charge on any atom is 0.490 e. The number of phenols is 1. The number of hydrogen-bond donors (Lipinski definition) is 20. The number of hydrogen-bond acceptors (Lipinski definition) is 21. The third-order valence-electron chi connectivity index (χ3n) is 21.2. The van der Waals surface area contributed by atoms with Crippen LogP contribution in [0.2, 0.25) is 0 Å². The number of rotatable bonds is 48. The number of nitrogens with zero attached hydrogens (tertiary/aromatic N) is 3. The third kappa shape index (κ3) is 31.8. The molecule has 5 heterocycles. The van der Waals surface area contributed by atoms with E-state index in [1.54, 1.807) is 58.6 Å². The van der Waals surface area contributed by atoms with Crippen molar-refractivity contribution in [2.24, 2.45) is 34.8 Å². The molecule has 8 rings (SSSR count). The maximum atomic E-state index is 15.1. The van der Waals surface area contributed by atoms with Gasteiger partial charge in [-0.2, -0.15) is 24.9 Å². The number of fused-ring (bicyclic) bond motifs is 2. The van der Waals surface area contributed by atoms with Gasteiger partial charge in [-0.05, 0) is 155 Å². The molecule has 0 unspecified atom stereocenters. The molecule has 3 aromatic heterocycles. The molecule has 2 aliphatic heterocycles. The summed E-state index contributed by atoms with van der Waals surface area (Å²) in [4.78, 5) is 235. The fourth-order valence-electron chi connectivity index (χ4n) is 14.7. The molecule has 39 nitrogen and oxygen atoms in total. The number of carbonyl (C=O) groups excluding carboxylic acids is 14. The quantitative estimate of drug-likeness (QED) is 0.0229. The zero-order chi connectivity index (χ0) is 93.4. The van der Waals surface area contributed by atoms with E-state index >= 15 is 4.79 Å². The van der Waals surface area contributed by atoms with E-state index in [9.17, 15) is 90.5 Å². The fourth-order valence-corrected chi connectivity index (χ4v) is 15.2. The summed E-state index contributed by atoms with van der Waals surface area (Å²) in [7, 11) is 0. The van der Waals surface area contributed by atoms with Crippen LogP contribution in [0.5, 0.6) is 5.75 Å². The van der Waals surface area contributed by atoms with E-state index in [-0.39, 0.29) is 121 Å². The lowest BCUT2D eigenvalue weighted by Crippen LogP contribution is -2.61. The number of carboxylic acids is 2. The molecule has 0 radical (unpaired) electrons. The van der Waals surface area contributed by atoms with E-state index in [0.29, 0.717) is 48.3 Å². The summed E-state index contributed by atoms with van der Waals surface area (Å²) in [5.74, 6) is -15.7. The smallest absolute Gasteiger partial charge is 0.490 e. The molecule has 692 valence electrons. The van der Waals surface area contributed by atoms with Crippen molar-refractivity contribution in [1.29, 1.82) is 0 Å². The number of unbranched alkanes of at least 4 members (excludes halogenated alkanes) is 1. The Labute approximate surface area is 733 Å². The Morgan fingerprint density at radius 2 is 0.976 bits per heavy atom. The van der Waals surface area contributed by atoms with Crippen molar-refractivity contribution in [3.05, 3.63) is 120 Å². The van der Waals surface area contributed by atoms with Gasteiger partial charge in [-0.15, -0.1) is 0 Å². The molecule has 6 aromatic rings. The van der Waals surface area contributed by atoms with Crippen LogP contribution in [0.4, 0.5) is 13.2 Å². The average Bonchev–Trinajstić information content (AvgIpc) is 1.75. The fraction of sp³-hybridized carbons (Fsp3) is 0.512. The number of aromatic amines is 3. The van der Waals surface area contributed by atoms with Crippen LogP contribution < -0.4 is 76.1 Å². The number of benzene rings is 3. The molecular weight excluding hydrogens is 1680 g/mol. The van der Waals surface area contributed by atoms with Gasteiger partial charge in [0, 0.05) is 85.6 Å². The SMILES string of the molecule is CSCC[C@H](NC(=O)[C@@H]1CCCN1C(=O)[C@H](CCC(N)=O)NC(=O)CNC(=O)[C@@H]1CCCN1C(=O)[C@H](CCCCN)NC(=O)[C@H](CC(C)C)NC(=O)[C@H](CCC(N)=O)NC(=O)[C@H](CC(C)C)NC(=O)[C@H](Cc1c[nH]c2ccccc12)NC(=O)[C@H](Cc1c[nH]cn1)NC(=O)[C@@H](N)Cc1c[nH]c2ccccc12)C(=O)N[C@@H](Cc1ccc(O)cc1)C(=O)O.O=C(O)C(F)(F)F. The van der Waals surface area contributed by atoms with E-state index < -0.39 is 186 Å². The Hall–Kier alpha value is -12.7. The van der Waals surface area contributed by atoms with Crippen molar-refractivity contribution in [2.45, 2.75) is 222 Å². The summed E-state index contributed by atoms with van der Waals surface area (Å²) in [6.07, 6.45) is 2.88.